The molecule has 0 radical (unpaired) electrons. The highest BCUT2D eigenvalue weighted by atomic mass is 32.2. The molecule has 142 valence electrons. The number of ether oxygens (including phenoxy) is 2. The Kier molecular flexibility index (Phi) is 5.04. The number of benzene rings is 2. The predicted octanol–water partition coefficient (Wildman–Crippen LogP) is 2.11. The first-order chi connectivity index (χ1) is 12.8. The number of hydrogen-bond donors (Lipinski definition) is 1. The van der Waals surface area contributed by atoms with E-state index in [1.54, 1.807) is 18.2 Å². The first-order valence-electron chi connectivity index (χ1n) is 8.07. The summed E-state index contributed by atoms with van der Waals surface area (Å²) in [5.74, 6) is 0.204. The largest absolute Gasteiger partial charge is 0.454 e. The maximum absolute atomic E-state index is 12.9. The van der Waals surface area contributed by atoms with E-state index < -0.39 is 15.9 Å². The maximum Gasteiger partial charge on any atom is 0.266 e. The molecule has 0 saturated carbocycles. The number of carbonyl (C=O) groups is 2. The standard InChI is InChI=1S/C18H18N2O6S/c1-12(21)19-15-4-6-16(7-5-15)27(23,24)20(13(2)22)10-14-3-8-17-18(9-14)26-11-25-17/h3-9H,10-11H2,1-2H3,(H,19,21). The van der Waals surface area contributed by atoms with Gasteiger partial charge in [-0.3, -0.25) is 9.59 Å². The molecule has 0 unspecified atom stereocenters. The number of sulfonamides is 1. The highest BCUT2D eigenvalue weighted by Gasteiger charge is 2.27. The summed E-state index contributed by atoms with van der Waals surface area (Å²) in [4.78, 5) is 23.1. The zero-order valence-corrected chi connectivity index (χ0v) is 15.6. The molecular weight excluding hydrogens is 372 g/mol. The molecule has 0 aliphatic carbocycles. The van der Waals surface area contributed by atoms with Gasteiger partial charge >= 0.3 is 0 Å². The smallest absolute Gasteiger partial charge is 0.266 e. The lowest BCUT2D eigenvalue weighted by Crippen LogP contribution is -2.34. The molecule has 27 heavy (non-hydrogen) atoms. The van der Waals surface area contributed by atoms with Crippen molar-refractivity contribution in [2.45, 2.75) is 25.3 Å². The molecule has 3 rings (SSSR count). The van der Waals surface area contributed by atoms with E-state index >= 15 is 0 Å². The first kappa shape index (κ1) is 18.7. The lowest BCUT2D eigenvalue weighted by molar-refractivity contribution is -0.124. The summed E-state index contributed by atoms with van der Waals surface area (Å²) in [6, 6.07) is 10.6. The Morgan fingerprint density at radius 3 is 2.33 bits per heavy atom. The van der Waals surface area contributed by atoms with E-state index in [9.17, 15) is 18.0 Å². The van der Waals surface area contributed by atoms with Gasteiger partial charge in [0.1, 0.15) is 0 Å². The van der Waals surface area contributed by atoms with Crippen LogP contribution in [0.25, 0.3) is 0 Å². The summed E-state index contributed by atoms with van der Waals surface area (Å²) < 4.78 is 37.1. The summed E-state index contributed by atoms with van der Waals surface area (Å²) in [6.45, 7) is 2.51. The Labute approximate surface area is 156 Å². The minimum Gasteiger partial charge on any atom is -0.454 e. The molecule has 1 N–H and O–H groups in total. The third-order valence-electron chi connectivity index (χ3n) is 3.88. The van der Waals surface area contributed by atoms with Crippen molar-refractivity contribution in [3.05, 3.63) is 48.0 Å². The van der Waals surface area contributed by atoms with Gasteiger partial charge in [-0.2, -0.15) is 0 Å². The van der Waals surface area contributed by atoms with Gasteiger partial charge in [-0.1, -0.05) is 6.07 Å². The van der Waals surface area contributed by atoms with Crippen molar-refractivity contribution < 1.29 is 27.5 Å². The second-order valence-corrected chi connectivity index (χ2v) is 7.79. The van der Waals surface area contributed by atoms with Gasteiger partial charge in [0.25, 0.3) is 10.0 Å². The SMILES string of the molecule is CC(=O)Nc1ccc(S(=O)(=O)N(Cc2ccc3c(c2)OCO3)C(C)=O)cc1. The number of amides is 2. The van der Waals surface area contributed by atoms with Crippen molar-refractivity contribution in [3.63, 3.8) is 0 Å². The minimum absolute atomic E-state index is 0.0486. The molecule has 0 saturated heterocycles. The van der Waals surface area contributed by atoms with Crippen LogP contribution in [-0.4, -0.2) is 31.3 Å². The van der Waals surface area contributed by atoms with E-state index in [1.807, 2.05) is 0 Å². The number of carbonyl (C=O) groups excluding carboxylic acids is 2. The summed E-state index contributed by atoms with van der Waals surface area (Å²) in [5.41, 5.74) is 1.06. The molecule has 2 amide bonds. The molecule has 0 fully saturated rings. The molecule has 0 atom stereocenters. The van der Waals surface area contributed by atoms with Gasteiger partial charge in [-0.05, 0) is 42.0 Å². The Hall–Kier alpha value is -3.07. The summed E-state index contributed by atoms with van der Waals surface area (Å²) in [5, 5.41) is 2.56. The normalized spacial score (nSPS) is 12.5. The van der Waals surface area contributed by atoms with Crippen LogP contribution in [0.3, 0.4) is 0 Å². The van der Waals surface area contributed by atoms with Gasteiger partial charge in [0.2, 0.25) is 18.6 Å². The van der Waals surface area contributed by atoms with Crippen LogP contribution in [-0.2, 0) is 26.2 Å². The lowest BCUT2D eigenvalue weighted by atomic mass is 10.2. The van der Waals surface area contributed by atoms with E-state index in [1.165, 1.54) is 38.1 Å². The molecule has 2 aromatic carbocycles. The fourth-order valence-electron chi connectivity index (χ4n) is 2.61. The zero-order chi connectivity index (χ0) is 19.6. The minimum atomic E-state index is -4.06. The molecule has 1 aliphatic heterocycles. The molecule has 1 heterocycles. The number of rotatable bonds is 5. The van der Waals surface area contributed by atoms with E-state index in [0.29, 0.717) is 22.7 Å². The van der Waals surface area contributed by atoms with E-state index in [4.69, 9.17) is 9.47 Å². The van der Waals surface area contributed by atoms with Gasteiger partial charge in [0, 0.05) is 19.5 Å². The molecule has 8 nitrogen and oxygen atoms in total. The molecule has 0 bridgehead atoms. The van der Waals surface area contributed by atoms with Crippen molar-refractivity contribution in [1.29, 1.82) is 0 Å². The van der Waals surface area contributed by atoms with Crippen molar-refractivity contribution in [2.75, 3.05) is 12.1 Å². The zero-order valence-electron chi connectivity index (χ0n) is 14.8. The van der Waals surface area contributed by atoms with Crippen LogP contribution in [0, 0.1) is 0 Å². The second-order valence-electron chi connectivity index (χ2n) is 5.92. The van der Waals surface area contributed by atoms with Crippen molar-refractivity contribution >= 4 is 27.5 Å². The number of anilines is 1. The van der Waals surface area contributed by atoms with Crippen molar-refractivity contribution in [3.8, 4) is 11.5 Å². The van der Waals surface area contributed by atoms with E-state index in [-0.39, 0.29) is 24.1 Å². The third-order valence-corrected chi connectivity index (χ3v) is 5.71. The van der Waals surface area contributed by atoms with Gasteiger partial charge in [-0.25, -0.2) is 12.7 Å². The van der Waals surface area contributed by atoms with Crippen LogP contribution in [0.1, 0.15) is 19.4 Å². The summed E-state index contributed by atoms with van der Waals surface area (Å²) in [6.07, 6.45) is 0. The maximum atomic E-state index is 12.9. The fourth-order valence-corrected chi connectivity index (χ4v) is 4.00. The van der Waals surface area contributed by atoms with Gasteiger partial charge in [0.15, 0.2) is 11.5 Å². The van der Waals surface area contributed by atoms with Crippen LogP contribution in [0.15, 0.2) is 47.4 Å². The second kappa shape index (κ2) is 7.28. The quantitative estimate of drug-likeness (QED) is 0.839. The molecule has 0 spiro atoms. The van der Waals surface area contributed by atoms with Gasteiger partial charge in [0.05, 0.1) is 11.4 Å². The summed E-state index contributed by atoms with van der Waals surface area (Å²) >= 11 is 0. The van der Waals surface area contributed by atoms with Crippen LogP contribution in [0.4, 0.5) is 5.69 Å². The van der Waals surface area contributed by atoms with Crippen LogP contribution in [0.2, 0.25) is 0 Å². The monoisotopic (exact) mass is 390 g/mol. The highest BCUT2D eigenvalue weighted by Crippen LogP contribution is 2.33. The van der Waals surface area contributed by atoms with Crippen LogP contribution >= 0.6 is 0 Å². The van der Waals surface area contributed by atoms with Crippen molar-refractivity contribution in [2.24, 2.45) is 0 Å². The topological polar surface area (TPSA) is 102 Å². The molecule has 9 heteroatoms. The molecular formula is C18H18N2O6S. The number of nitrogens with one attached hydrogen (secondary N) is 1. The number of hydrogen-bond acceptors (Lipinski definition) is 6. The average molecular weight is 390 g/mol. The first-order valence-corrected chi connectivity index (χ1v) is 9.51. The Morgan fingerprint density at radius 2 is 1.70 bits per heavy atom. The average Bonchev–Trinajstić information content (AvgIpc) is 3.07. The summed E-state index contributed by atoms with van der Waals surface area (Å²) in [7, 11) is -4.06. The van der Waals surface area contributed by atoms with E-state index in [0.717, 1.165) is 4.31 Å². The molecule has 2 aromatic rings. The van der Waals surface area contributed by atoms with Crippen molar-refractivity contribution in [1.82, 2.24) is 4.31 Å². The van der Waals surface area contributed by atoms with Gasteiger partial charge < -0.3 is 14.8 Å². The van der Waals surface area contributed by atoms with Gasteiger partial charge in [-0.15, -0.1) is 0 Å². The van der Waals surface area contributed by atoms with Crippen LogP contribution < -0.4 is 14.8 Å². The fraction of sp³-hybridized carbons (Fsp3) is 0.222. The molecule has 0 aromatic heterocycles. The predicted molar refractivity (Wildman–Crippen MR) is 96.7 cm³/mol. The number of fused-ring (bicyclic) bond motifs is 1. The van der Waals surface area contributed by atoms with Crippen LogP contribution in [0.5, 0.6) is 11.5 Å². The number of nitrogens with zero attached hydrogens (tertiary/aromatic N) is 1. The lowest BCUT2D eigenvalue weighted by Gasteiger charge is -2.21. The Balaban J connectivity index is 1.87. The Morgan fingerprint density at radius 1 is 1.04 bits per heavy atom. The Bertz CT molecular complexity index is 985. The third kappa shape index (κ3) is 4.03. The van der Waals surface area contributed by atoms with E-state index in [2.05, 4.69) is 5.32 Å². The molecule has 1 aliphatic rings. The highest BCUT2D eigenvalue weighted by molar-refractivity contribution is 7.89.